The van der Waals surface area contributed by atoms with Crippen LogP contribution in [0.5, 0.6) is 0 Å². The van der Waals surface area contributed by atoms with Crippen LogP contribution in [0.4, 0.5) is 0 Å². The molecule has 1 atom stereocenters. The molecular formula is C15H31NO2. The Bertz CT molecular complexity index is 195. The zero-order valence-corrected chi connectivity index (χ0v) is 12.3. The summed E-state index contributed by atoms with van der Waals surface area (Å²) in [5.74, 6) is 0. The largest absolute Gasteiger partial charge is 0.264 e. The molecule has 3 nitrogen and oxygen atoms in total. The van der Waals surface area contributed by atoms with Crippen LogP contribution in [-0.2, 0) is 0 Å². The van der Waals surface area contributed by atoms with Crippen molar-refractivity contribution in [1.82, 2.24) is 0 Å². The van der Waals surface area contributed by atoms with E-state index in [2.05, 4.69) is 6.92 Å². The first-order valence-electron chi connectivity index (χ1n) is 7.82. The summed E-state index contributed by atoms with van der Waals surface area (Å²) in [6.07, 6.45) is 15.1. The van der Waals surface area contributed by atoms with Gasteiger partial charge in [0.05, 0.1) is 0 Å². The van der Waals surface area contributed by atoms with Crippen LogP contribution in [0, 0.1) is 10.1 Å². The van der Waals surface area contributed by atoms with Crippen molar-refractivity contribution in [2.24, 2.45) is 0 Å². The van der Waals surface area contributed by atoms with Crippen molar-refractivity contribution in [3.05, 3.63) is 10.1 Å². The molecule has 0 fully saturated rings. The van der Waals surface area contributed by atoms with E-state index in [-0.39, 0.29) is 11.0 Å². The monoisotopic (exact) mass is 257 g/mol. The van der Waals surface area contributed by atoms with Gasteiger partial charge in [-0.3, -0.25) is 10.1 Å². The second kappa shape index (κ2) is 12.8. The minimum atomic E-state index is -0.358. The van der Waals surface area contributed by atoms with Crippen LogP contribution in [0.25, 0.3) is 0 Å². The molecule has 3 heteroatoms. The van der Waals surface area contributed by atoms with Gasteiger partial charge in [0.25, 0.3) is 0 Å². The number of rotatable bonds is 13. The van der Waals surface area contributed by atoms with E-state index in [0.717, 1.165) is 19.3 Å². The lowest BCUT2D eigenvalue weighted by molar-refractivity contribution is -0.519. The van der Waals surface area contributed by atoms with Crippen molar-refractivity contribution in [3.8, 4) is 0 Å². The maximum absolute atomic E-state index is 10.4. The Morgan fingerprint density at radius 1 is 0.833 bits per heavy atom. The summed E-state index contributed by atoms with van der Waals surface area (Å²) in [5, 5.41) is 10.4. The first-order valence-corrected chi connectivity index (χ1v) is 7.82. The molecule has 0 heterocycles. The number of nitrogens with zero attached hydrogens (tertiary/aromatic N) is 1. The highest BCUT2D eigenvalue weighted by Gasteiger charge is 2.10. The zero-order chi connectivity index (χ0) is 13.6. The minimum absolute atomic E-state index is 0.170. The summed E-state index contributed by atoms with van der Waals surface area (Å²) in [4.78, 5) is 10.2. The SMILES string of the molecule is CCCCCCCCCCCCCC(C)[N+](=O)[O-]. The highest BCUT2D eigenvalue weighted by atomic mass is 16.6. The Balaban J connectivity index is 3.05. The summed E-state index contributed by atoms with van der Waals surface area (Å²) < 4.78 is 0. The quantitative estimate of drug-likeness (QED) is 0.253. The molecule has 0 bridgehead atoms. The van der Waals surface area contributed by atoms with E-state index in [1.54, 1.807) is 6.92 Å². The van der Waals surface area contributed by atoms with Gasteiger partial charge in [-0.05, 0) is 6.42 Å². The topological polar surface area (TPSA) is 43.1 Å². The molecular weight excluding hydrogens is 226 g/mol. The molecule has 0 spiro atoms. The summed E-state index contributed by atoms with van der Waals surface area (Å²) in [7, 11) is 0. The molecule has 0 aliphatic heterocycles. The Morgan fingerprint density at radius 3 is 1.61 bits per heavy atom. The van der Waals surface area contributed by atoms with Gasteiger partial charge in [-0.2, -0.15) is 0 Å². The molecule has 0 radical (unpaired) electrons. The van der Waals surface area contributed by atoms with Crippen LogP contribution in [-0.4, -0.2) is 11.0 Å². The summed E-state index contributed by atoms with van der Waals surface area (Å²) in [6, 6.07) is -0.358. The molecule has 0 N–H and O–H groups in total. The van der Waals surface area contributed by atoms with Gasteiger partial charge in [0, 0.05) is 18.3 Å². The molecule has 0 saturated heterocycles. The summed E-state index contributed by atoms with van der Waals surface area (Å²) in [5.41, 5.74) is 0. The van der Waals surface area contributed by atoms with Crippen molar-refractivity contribution in [2.45, 2.75) is 96.9 Å². The van der Waals surface area contributed by atoms with Crippen LogP contribution < -0.4 is 0 Å². The van der Waals surface area contributed by atoms with Crippen molar-refractivity contribution < 1.29 is 4.92 Å². The van der Waals surface area contributed by atoms with Gasteiger partial charge >= 0.3 is 0 Å². The van der Waals surface area contributed by atoms with Crippen LogP contribution in [0.1, 0.15) is 90.9 Å². The van der Waals surface area contributed by atoms with Crippen LogP contribution in [0.15, 0.2) is 0 Å². The van der Waals surface area contributed by atoms with E-state index in [9.17, 15) is 10.1 Å². The van der Waals surface area contributed by atoms with Gasteiger partial charge in [0.15, 0.2) is 0 Å². The maximum Gasteiger partial charge on any atom is 0.210 e. The lowest BCUT2D eigenvalue weighted by Crippen LogP contribution is -2.14. The molecule has 0 aromatic carbocycles. The third kappa shape index (κ3) is 11.9. The van der Waals surface area contributed by atoms with Gasteiger partial charge in [-0.1, -0.05) is 71.1 Å². The molecule has 0 aliphatic rings. The van der Waals surface area contributed by atoms with Crippen LogP contribution >= 0.6 is 0 Å². The standard InChI is InChI=1S/C15H31NO2/c1-3-4-5-6-7-8-9-10-11-12-13-14-15(2)16(17)18/h15H,3-14H2,1-2H3. The Hall–Kier alpha value is -0.600. The number of unbranched alkanes of at least 4 members (excludes halogenated alkanes) is 10. The van der Waals surface area contributed by atoms with E-state index < -0.39 is 0 Å². The fraction of sp³-hybridized carbons (Fsp3) is 1.00. The fourth-order valence-corrected chi connectivity index (χ4v) is 2.21. The first-order chi connectivity index (χ1) is 8.68. The van der Waals surface area contributed by atoms with Crippen molar-refractivity contribution in [3.63, 3.8) is 0 Å². The van der Waals surface area contributed by atoms with Crippen LogP contribution in [0.2, 0.25) is 0 Å². The summed E-state index contributed by atoms with van der Waals surface area (Å²) >= 11 is 0. The van der Waals surface area contributed by atoms with Gasteiger partial charge < -0.3 is 0 Å². The Labute approximate surface area is 113 Å². The van der Waals surface area contributed by atoms with Crippen molar-refractivity contribution in [2.75, 3.05) is 0 Å². The molecule has 0 aromatic rings. The van der Waals surface area contributed by atoms with E-state index in [0.29, 0.717) is 0 Å². The third-order valence-electron chi connectivity index (χ3n) is 3.59. The molecule has 108 valence electrons. The van der Waals surface area contributed by atoms with E-state index in [4.69, 9.17) is 0 Å². The van der Waals surface area contributed by atoms with Gasteiger partial charge in [0.1, 0.15) is 0 Å². The average molecular weight is 257 g/mol. The predicted octanol–water partition coefficient (Wildman–Crippen LogP) is 5.35. The Kier molecular flexibility index (Phi) is 12.4. The van der Waals surface area contributed by atoms with Gasteiger partial charge in [-0.15, -0.1) is 0 Å². The average Bonchev–Trinajstić information content (AvgIpc) is 2.35. The molecule has 0 amide bonds. The number of hydrogen-bond acceptors (Lipinski definition) is 2. The second-order valence-electron chi connectivity index (χ2n) is 5.46. The summed E-state index contributed by atoms with van der Waals surface area (Å²) in [6.45, 7) is 3.95. The third-order valence-corrected chi connectivity index (χ3v) is 3.59. The molecule has 0 aliphatic carbocycles. The molecule has 0 rings (SSSR count). The van der Waals surface area contributed by atoms with Crippen molar-refractivity contribution in [1.29, 1.82) is 0 Å². The van der Waals surface area contributed by atoms with E-state index in [1.165, 1.54) is 57.8 Å². The molecule has 0 saturated carbocycles. The van der Waals surface area contributed by atoms with Gasteiger partial charge in [-0.25, -0.2) is 0 Å². The maximum atomic E-state index is 10.4. The lowest BCUT2D eigenvalue weighted by atomic mass is 10.0. The predicted molar refractivity (Wildman–Crippen MR) is 77.5 cm³/mol. The number of nitro groups is 1. The minimum Gasteiger partial charge on any atom is -0.264 e. The highest BCUT2D eigenvalue weighted by Crippen LogP contribution is 2.12. The van der Waals surface area contributed by atoms with Crippen LogP contribution in [0.3, 0.4) is 0 Å². The van der Waals surface area contributed by atoms with Crippen molar-refractivity contribution >= 4 is 0 Å². The highest BCUT2D eigenvalue weighted by molar-refractivity contribution is 4.51. The smallest absolute Gasteiger partial charge is 0.210 e. The fourth-order valence-electron chi connectivity index (χ4n) is 2.21. The number of hydrogen-bond donors (Lipinski definition) is 0. The first kappa shape index (κ1) is 17.4. The zero-order valence-electron chi connectivity index (χ0n) is 12.3. The molecule has 1 unspecified atom stereocenters. The second-order valence-corrected chi connectivity index (χ2v) is 5.46. The lowest BCUT2D eigenvalue weighted by Gasteiger charge is -2.04. The van der Waals surface area contributed by atoms with E-state index >= 15 is 0 Å². The molecule has 18 heavy (non-hydrogen) atoms. The molecule has 0 aromatic heterocycles. The van der Waals surface area contributed by atoms with Gasteiger partial charge in [0.2, 0.25) is 6.04 Å². The normalized spacial score (nSPS) is 12.6. The van der Waals surface area contributed by atoms with E-state index in [1.807, 2.05) is 0 Å². The Morgan fingerprint density at radius 2 is 1.22 bits per heavy atom.